The Labute approximate surface area is 142 Å². The van der Waals surface area contributed by atoms with Crippen molar-refractivity contribution in [2.24, 2.45) is 10.2 Å². The molecule has 0 saturated heterocycles. The summed E-state index contributed by atoms with van der Waals surface area (Å²) in [5, 5.41) is 14.4. The molecule has 1 aromatic rings. The summed E-state index contributed by atoms with van der Waals surface area (Å²) in [6.07, 6.45) is 10.7. The van der Waals surface area contributed by atoms with Crippen molar-refractivity contribution in [2.45, 2.75) is 50.6 Å². The Morgan fingerprint density at radius 3 is 3.04 bits per heavy atom. The van der Waals surface area contributed by atoms with Gasteiger partial charge in [-0.15, -0.1) is 12.3 Å². The van der Waals surface area contributed by atoms with Gasteiger partial charge < -0.3 is 10.6 Å². The molecule has 2 aliphatic heterocycles. The van der Waals surface area contributed by atoms with E-state index in [0.29, 0.717) is 25.8 Å². The lowest BCUT2D eigenvalue weighted by atomic mass is 10.0. The number of anilines is 1. The van der Waals surface area contributed by atoms with Crippen LogP contribution in [0.15, 0.2) is 22.4 Å². The van der Waals surface area contributed by atoms with Gasteiger partial charge in [0.2, 0.25) is 5.91 Å². The van der Waals surface area contributed by atoms with Gasteiger partial charge in [-0.3, -0.25) is 4.79 Å². The van der Waals surface area contributed by atoms with Crippen molar-refractivity contribution in [3.63, 3.8) is 0 Å². The van der Waals surface area contributed by atoms with Gasteiger partial charge in [0.1, 0.15) is 5.82 Å². The minimum Gasteiger partial charge on any atom is -0.370 e. The maximum Gasteiger partial charge on any atom is 0.220 e. The molecule has 6 heteroatoms. The largest absolute Gasteiger partial charge is 0.370 e. The summed E-state index contributed by atoms with van der Waals surface area (Å²) >= 11 is 0. The lowest BCUT2D eigenvalue weighted by Gasteiger charge is -2.17. The normalized spacial score (nSPS) is 16.6. The average molecular weight is 325 g/mol. The van der Waals surface area contributed by atoms with Crippen LogP contribution >= 0.6 is 0 Å². The van der Waals surface area contributed by atoms with E-state index in [4.69, 9.17) is 6.42 Å². The Bertz CT molecular complexity index is 670. The zero-order valence-corrected chi connectivity index (χ0v) is 13.8. The molecule has 2 N–H and O–H groups in total. The minimum absolute atomic E-state index is 0.0372. The number of aromatic nitrogens is 1. The Morgan fingerprint density at radius 1 is 1.38 bits per heavy atom. The van der Waals surface area contributed by atoms with Gasteiger partial charge in [-0.2, -0.15) is 10.2 Å². The van der Waals surface area contributed by atoms with Crippen molar-refractivity contribution in [3.8, 4) is 12.3 Å². The molecule has 0 aromatic carbocycles. The van der Waals surface area contributed by atoms with Crippen LogP contribution in [-0.4, -0.2) is 29.6 Å². The molecule has 0 fully saturated rings. The SMILES string of the molecule is C#CCCC1(CCNC(=O)CCc2ccc3c(n2)NCCC3)N=N1. The van der Waals surface area contributed by atoms with E-state index in [1.165, 1.54) is 5.56 Å². The summed E-state index contributed by atoms with van der Waals surface area (Å²) in [5.74, 6) is 3.62. The molecule has 126 valence electrons. The van der Waals surface area contributed by atoms with E-state index in [9.17, 15) is 4.79 Å². The van der Waals surface area contributed by atoms with Crippen LogP contribution in [0.4, 0.5) is 5.82 Å². The molecule has 0 atom stereocenters. The van der Waals surface area contributed by atoms with Crippen LogP contribution in [0.25, 0.3) is 0 Å². The number of hydrogen-bond acceptors (Lipinski definition) is 5. The van der Waals surface area contributed by atoms with Crippen LogP contribution in [0.5, 0.6) is 0 Å². The quantitative estimate of drug-likeness (QED) is 0.721. The third-order valence-corrected chi connectivity index (χ3v) is 4.46. The van der Waals surface area contributed by atoms with Gasteiger partial charge in [-0.1, -0.05) is 6.07 Å². The summed E-state index contributed by atoms with van der Waals surface area (Å²) in [6.45, 7) is 1.55. The molecule has 3 heterocycles. The van der Waals surface area contributed by atoms with E-state index in [2.05, 4.69) is 37.8 Å². The van der Waals surface area contributed by atoms with Crippen molar-refractivity contribution in [3.05, 3.63) is 23.4 Å². The van der Waals surface area contributed by atoms with Gasteiger partial charge in [0.05, 0.1) is 0 Å². The fourth-order valence-corrected chi connectivity index (χ4v) is 2.91. The zero-order chi connectivity index (χ0) is 16.8. The van der Waals surface area contributed by atoms with E-state index in [1.54, 1.807) is 0 Å². The summed E-state index contributed by atoms with van der Waals surface area (Å²) in [7, 11) is 0. The number of terminal acetylenes is 1. The Balaban J connectivity index is 1.38. The van der Waals surface area contributed by atoms with Crippen molar-refractivity contribution >= 4 is 11.7 Å². The predicted molar refractivity (Wildman–Crippen MR) is 92.6 cm³/mol. The van der Waals surface area contributed by atoms with E-state index < -0.39 is 0 Å². The fourth-order valence-electron chi connectivity index (χ4n) is 2.91. The van der Waals surface area contributed by atoms with E-state index >= 15 is 0 Å². The second kappa shape index (κ2) is 7.43. The van der Waals surface area contributed by atoms with Crippen LogP contribution in [-0.2, 0) is 17.6 Å². The fraction of sp³-hybridized carbons (Fsp3) is 0.556. The number of nitrogens with zero attached hydrogens (tertiary/aromatic N) is 3. The molecule has 0 saturated carbocycles. The van der Waals surface area contributed by atoms with Crippen LogP contribution in [0, 0.1) is 12.3 Å². The van der Waals surface area contributed by atoms with Gasteiger partial charge in [0.15, 0.2) is 5.66 Å². The van der Waals surface area contributed by atoms with Crippen LogP contribution in [0.2, 0.25) is 0 Å². The molecule has 0 bridgehead atoms. The van der Waals surface area contributed by atoms with Gasteiger partial charge in [0, 0.05) is 44.5 Å². The number of carbonyl (C=O) groups is 1. The number of nitrogens with one attached hydrogen (secondary N) is 2. The maximum atomic E-state index is 12.0. The standard InChI is InChI=1S/C18H23N5O/c1-2-3-10-18(22-23-18)11-13-19-16(24)9-8-15-7-6-14-5-4-12-20-17(14)21-15/h1,6-7H,3-5,8-13H2,(H,19,24)(H,20,21). The summed E-state index contributed by atoms with van der Waals surface area (Å²) < 4.78 is 0. The molecule has 24 heavy (non-hydrogen) atoms. The molecule has 0 spiro atoms. The number of hydrogen-bond donors (Lipinski definition) is 2. The Morgan fingerprint density at radius 2 is 2.25 bits per heavy atom. The third kappa shape index (κ3) is 4.31. The lowest BCUT2D eigenvalue weighted by molar-refractivity contribution is -0.121. The van der Waals surface area contributed by atoms with Gasteiger partial charge >= 0.3 is 0 Å². The molecule has 1 aromatic heterocycles. The van der Waals surface area contributed by atoms with Crippen LogP contribution in [0.1, 0.15) is 43.4 Å². The number of amides is 1. The summed E-state index contributed by atoms with van der Waals surface area (Å²) in [5.41, 5.74) is 1.89. The summed E-state index contributed by atoms with van der Waals surface area (Å²) in [6, 6.07) is 4.14. The first-order valence-electron chi connectivity index (χ1n) is 8.58. The Hall–Kier alpha value is -2.42. The number of pyridine rings is 1. The first-order valence-corrected chi connectivity index (χ1v) is 8.58. The minimum atomic E-state index is -0.328. The monoisotopic (exact) mass is 325 g/mol. The molecular weight excluding hydrogens is 302 g/mol. The van der Waals surface area contributed by atoms with Crippen molar-refractivity contribution in [1.29, 1.82) is 0 Å². The van der Waals surface area contributed by atoms with Gasteiger partial charge in [-0.25, -0.2) is 4.98 Å². The van der Waals surface area contributed by atoms with Crippen molar-refractivity contribution in [2.75, 3.05) is 18.4 Å². The highest BCUT2D eigenvalue weighted by Gasteiger charge is 2.38. The van der Waals surface area contributed by atoms with Crippen LogP contribution in [0.3, 0.4) is 0 Å². The topological polar surface area (TPSA) is 78.7 Å². The molecular formula is C18H23N5O. The maximum absolute atomic E-state index is 12.0. The molecule has 2 aliphatic rings. The molecule has 3 rings (SSSR count). The van der Waals surface area contributed by atoms with Gasteiger partial charge in [-0.05, 0) is 30.9 Å². The lowest BCUT2D eigenvalue weighted by Crippen LogP contribution is -2.28. The second-order valence-corrected chi connectivity index (χ2v) is 6.33. The van der Waals surface area contributed by atoms with Gasteiger partial charge in [0.25, 0.3) is 0 Å². The predicted octanol–water partition coefficient (Wildman–Crippen LogP) is 2.45. The molecule has 0 radical (unpaired) electrons. The highest BCUT2D eigenvalue weighted by molar-refractivity contribution is 5.76. The Kier molecular flexibility index (Phi) is 5.09. The van der Waals surface area contributed by atoms with Crippen molar-refractivity contribution < 1.29 is 4.79 Å². The molecule has 0 aliphatic carbocycles. The van der Waals surface area contributed by atoms with Crippen molar-refractivity contribution in [1.82, 2.24) is 10.3 Å². The number of rotatable bonds is 8. The average Bonchev–Trinajstić information content (AvgIpc) is 3.38. The van der Waals surface area contributed by atoms with Crippen LogP contribution < -0.4 is 10.6 Å². The second-order valence-electron chi connectivity index (χ2n) is 6.33. The van der Waals surface area contributed by atoms with E-state index in [0.717, 1.165) is 43.7 Å². The number of carbonyl (C=O) groups excluding carboxylic acids is 1. The summed E-state index contributed by atoms with van der Waals surface area (Å²) in [4.78, 5) is 16.6. The first-order chi connectivity index (χ1) is 11.7. The third-order valence-electron chi connectivity index (χ3n) is 4.46. The molecule has 0 unspecified atom stereocenters. The smallest absolute Gasteiger partial charge is 0.220 e. The number of aryl methyl sites for hydroxylation is 2. The van der Waals surface area contributed by atoms with E-state index in [1.807, 2.05) is 6.07 Å². The molecule has 6 nitrogen and oxygen atoms in total. The highest BCUT2D eigenvalue weighted by atomic mass is 16.1. The first kappa shape index (κ1) is 16.4. The number of fused-ring (bicyclic) bond motifs is 1. The van der Waals surface area contributed by atoms with E-state index in [-0.39, 0.29) is 11.6 Å². The highest BCUT2D eigenvalue weighted by Crippen LogP contribution is 2.36. The zero-order valence-electron chi connectivity index (χ0n) is 13.8. The molecule has 1 amide bonds.